The maximum absolute atomic E-state index is 6.96. The zero-order valence-corrected chi connectivity index (χ0v) is 31.5. The number of ether oxygens (including phenoxy) is 2. The summed E-state index contributed by atoms with van der Waals surface area (Å²) >= 11 is 3.67. The molecular formula is C27H52BrN5O4Si3. The number of anilines is 1. The maximum atomic E-state index is 6.96. The van der Waals surface area contributed by atoms with Gasteiger partial charge in [0.1, 0.15) is 12.3 Å². The van der Waals surface area contributed by atoms with Crippen molar-refractivity contribution in [2.24, 2.45) is 0 Å². The molecule has 2 aromatic rings. The monoisotopic (exact) mass is 673 g/mol. The van der Waals surface area contributed by atoms with Crippen LogP contribution >= 0.6 is 15.9 Å². The van der Waals surface area contributed by atoms with E-state index in [1.165, 1.54) is 0 Å². The standard InChI is InChI=1S/C27H52BrN5O4Si3/c1-26(2,3)39(10,11)35-17-19-18(37-40(12,13)27(4,5)6)16-20(36-19)33-22-21(30-24(33)28)23(32-25(29)31-22)34-14-15-38(7,8)9/h18-20H,14-17H2,1-13H3,(H2,29,31,32)/t18-,19+,20+/m0/s1. The van der Waals surface area contributed by atoms with E-state index in [4.69, 9.17) is 29.0 Å². The molecule has 0 saturated carbocycles. The highest BCUT2D eigenvalue weighted by atomic mass is 79.9. The molecule has 0 unspecified atom stereocenters. The number of rotatable bonds is 10. The van der Waals surface area contributed by atoms with E-state index in [0.717, 1.165) is 6.04 Å². The Kier molecular flexibility index (Phi) is 9.83. The van der Waals surface area contributed by atoms with Crippen molar-refractivity contribution in [1.82, 2.24) is 19.5 Å². The van der Waals surface area contributed by atoms with Gasteiger partial charge >= 0.3 is 0 Å². The van der Waals surface area contributed by atoms with Gasteiger partial charge in [0.15, 0.2) is 32.5 Å². The lowest BCUT2D eigenvalue weighted by Gasteiger charge is -2.40. The summed E-state index contributed by atoms with van der Waals surface area (Å²) in [5.74, 6) is 0.555. The molecule has 228 valence electrons. The average molecular weight is 675 g/mol. The smallest absolute Gasteiger partial charge is 0.247 e. The quantitative estimate of drug-likeness (QED) is 0.203. The van der Waals surface area contributed by atoms with Crippen molar-refractivity contribution in [3.63, 3.8) is 0 Å². The SMILES string of the molecule is CC(C)(C)[Si](C)(C)OC[C@H]1O[C@@H](n2c(Br)nc3c(OCC[Si](C)(C)C)nc(N)nc32)C[C@@H]1O[Si](C)(C)C(C)(C)C. The molecule has 13 heteroatoms. The highest BCUT2D eigenvalue weighted by molar-refractivity contribution is 9.10. The van der Waals surface area contributed by atoms with Crippen LogP contribution in [0, 0.1) is 0 Å². The van der Waals surface area contributed by atoms with Crippen molar-refractivity contribution in [1.29, 1.82) is 0 Å². The van der Waals surface area contributed by atoms with Crippen molar-refractivity contribution in [3.05, 3.63) is 4.73 Å². The van der Waals surface area contributed by atoms with Crippen molar-refractivity contribution >= 4 is 57.8 Å². The number of fused-ring (bicyclic) bond motifs is 1. The maximum Gasteiger partial charge on any atom is 0.247 e. The fraction of sp³-hybridized carbons (Fsp3) is 0.815. The van der Waals surface area contributed by atoms with E-state index >= 15 is 0 Å². The van der Waals surface area contributed by atoms with Gasteiger partial charge in [0.05, 0.1) is 19.3 Å². The summed E-state index contributed by atoms with van der Waals surface area (Å²) in [6.45, 7) is 30.7. The molecule has 0 bridgehead atoms. The van der Waals surface area contributed by atoms with Crippen LogP contribution in [0.5, 0.6) is 5.88 Å². The topological polar surface area (TPSA) is 107 Å². The highest BCUT2D eigenvalue weighted by Gasteiger charge is 2.47. The van der Waals surface area contributed by atoms with Gasteiger partial charge in [0.25, 0.3) is 0 Å². The third-order valence-corrected chi connectivity index (χ3v) is 20.0. The Labute approximate surface area is 252 Å². The van der Waals surface area contributed by atoms with Gasteiger partial charge in [0.2, 0.25) is 11.8 Å². The Balaban J connectivity index is 1.95. The fourth-order valence-corrected chi connectivity index (χ4v) is 7.60. The van der Waals surface area contributed by atoms with Crippen LogP contribution in [0.15, 0.2) is 4.73 Å². The number of halogens is 1. The molecule has 3 atom stereocenters. The molecule has 1 fully saturated rings. The van der Waals surface area contributed by atoms with Crippen LogP contribution in [0.25, 0.3) is 11.2 Å². The molecule has 40 heavy (non-hydrogen) atoms. The molecule has 0 aromatic carbocycles. The van der Waals surface area contributed by atoms with Gasteiger partial charge in [-0.15, -0.1) is 0 Å². The van der Waals surface area contributed by atoms with Crippen LogP contribution in [0.1, 0.15) is 54.2 Å². The number of nitrogens with two attached hydrogens (primary N) is 1. The number of nitrogens with zero attached hydrogens (tertiary/aromatic N) is 4. The number of imidazole rings is 1. The molecule has 0 amide bonds. The summed E-state index contributed by atoms with van der Waals surface area (Å²) in [7, 11) is -5.34. The lowest BCUT2D eigenvalue weighted by molar-refractivity contribution is -0.0391. The average Bonchev–Trinajstić information content (AvgIpc) is 3.28. The van der Waals surface area contributed by atoms with E-state index in [2.05, 4.69) is 113 Å². The lowest BCUT2D eigenvalue weighted by Crippen LogP contribution is -2.48. The van der Waals surface area contributed by atoms with E-state index in [1.54, 1.807) is 0 Å². The van der Waals surface area contributed by atoms with E-state index in [-0.39, 0.29) is 34.5 Å². The Hall–Kier alpha value is -0.839. The third kappa shape index (κ3) is 7.75. The highest BCUT2D eigenvalue weighted by Crippen LogP contribution is 2.44. The summed E-state index contributed by atoms with van der Waals surface area (Å²) in [5.41, 5.74) is 7.32. The van der Waals surface area contributed by atoms with Crippen LogP contribution in [0.3, 0.4) is 0 Å². The Morgan fingerprint density at radius 1 is 0.950 bits per heavy atom. The van der Waals surface area contributed by atoms with Crippen LogP contribution in [0.4, 0.5) is 5.95 Å². The molecule has 2 aromatic heterocycles. The summed E-state index contributed by atoms with van der Waals surface area (Å²) in [6.07, 6.45) is -0.0418. The van der Waals surface area contributed by atoms with Crippen molar-refractivity contribution in [2.45, 2.75) is 128 Å². The van der Waals surface area contributed by atoms with Crippen molar-refractivity contribution in [3.8, 4) is 5.88 Å². The van der Waals surface area contributed by atoms with E-state index in [0.29, 0.717) is 41.4 Å². The van der Waals surface area contributed by atoms with E-state index in [9.17, 15) is 0 Å². The normalized spacial score (nSPS) is 21.4. The van der Waals surface area contributed by atoms with Crippen LogP contribution in [0.2, 0.25) is 61.9 Å². The van der Waals surface area contributed by atoms with Gasteiger partial charge in [-0.25, -0.2) is 4.98 Å². The van der Waals surface area contributed by atoms with E-state index < -0.39 is 24.7 Å². The Morgan fingerprint density at radius 2 is 1.55 bits per heavy atom. The summed E-state index contributed by atoms with van der Waals surface area (Å²) in [6, 6.07) is 1.01. The first kappa shape index (κ1) is 33.7. The molecule has 3 rings (SSSR count). The molecule has 1 saturated heterocycles. The van der Waals surface area contributed by atoms with Crippen LogP contribution in [-0.4, -0.2) is 69.6 Å². The first-order valence-corrected chi connectivity index (χ1v) is 24.6. The van der Waals surface area contributed by atoms with E-state index in [1.807, 2.05) is 4.57 Å². The molecule has 2 N–H and O–H groups in total. The molecule has 0 radical (unpaired) electrons. The fourth-order valence-electron chi connectivity index (χ4n) is 3.94. The van der Waals surface area contributed by atoms with Gasteiger partial charge < -0.3 is 24.1 Å². The van der Waals surface area contributed by atoms with Crippen molar-refractivity contribution in [2.75, 3.05) is 18.9 Å². The minimum absolute atomic E-state index is 0.0715. The third-order valence-electron chi connectivity index (χ3n) is 8.71. The second-order valence-corrected chi connectivity index (χ2v) is 31.2. The molecule has 3 heterocycles. The number of nitrogen functional groups attached to an aromatic ring is 1. The number of hydrogen-bond acceptors (Lipinski definition) is 8. The summed E-state index contributed by atoms with van der Waals surface area (Å²) in [5, 5.41) is 0.173. The zero-order valence-electron chi connectivity index (χ0n) is 26.9. The molecule has 9 nitrogen and oxygen atoms in total. The number of aromatic nitrogens is 4. The predicted octanol–water partition coefficient (Wildman–Crippen LogP) is 7.59. The van der Waals surface area contributed by atoms with Crippen molar-refractivity contribution < 1.29 is 18.3 Å². The molecular weight excluding hydrogens is 622 g/mol. The zero-order chi connectivity index (χ0) is 30.5. The Morgan fingerprint density at radius 3 is 2.10 bits per heavy atom. The summed E-state index contributed by atoms with van der Waals surface area (Å²) in [4.78, 5) is 13.7. The van der Waals surface area contributed by atoms with Gasteiger partial charge in [-0.3, -0.25) is 4.57 Å². The molecule has 0 aliphatic carbocycles. The molecule has 1 aliphatic rings. The minimum Gasteiger partial charge on any atom is -0.476 e. The first-order chi connectivity index (χ1) is 18.0. The van der Waals surface area contributed by atoms with Crippen LogP contribution < -0.4 is 10.5 Å². The van der Waals surface area contributed by atoms with Gasteiger partial charge in [0, 0.05) is 14.5 Å². The molecule has 1 aliphatic heterocycles. The Bertz CT molecular complexity index is 1190. The second kappa shape index (κ2) is 11.7. The largest absolute Gasteiger partial charge is 0.476 e. The summed E-state index contributed by atoms with van der Waals surface area (Å²) < 4.78 is 29.0. The van der Waals surface area contributed by atoms with Gasteiger partial charge in [-0.05, 0) is 58.2 Å². The molecule has 0 spiro atoms. The van der Waals surface area contributed by atoms with Gasteiger partial charge in [-0.2, -0.15) is 9.97 Å². The minimum atomic E-state index is -2.08. The van der Waals surface area contributed by atoms with Crippen LogP contribution in [-0.2, 0) is 13.6 Å². The second-order valence-electron chi connectivity index (χ2n) is 15.3. The lowest BCUT2D eigenvalue weighted by atomic mass is 10.2. The number of hydrogen-bond donors (Lipinski definition) is 1. The van der Waals surface area contributed by atoms with Gasteiger partial charge in [-0.1, -0.05) is 61.2 Å². The predicted molar refractivity (Wildman–Crippen MR) is 175 cm³/mol. The first-order valence-electron chi connectivity index (χ1n) is 14.3.